The number of aromatic hydroxyl groups is 1. The van der Waals surface area contributed by atoms with Gasteiger partial charge in [0.2, 0.25) is 41.4 Å². The first-order chi connectivity index (χ1) is 44.6. The summed E-state index contributed by atoms with van der Waals surface area (Å²) < 4.78 is 35.6. The van der Waals surface area contributed by atoms with Crippen LogP contribution in [0.3, 0.4) is 0 Å². The number of phenols is 1. The number of aromatic nitrogens is 2. The Labute approximate surface area is 544 Å². The second kappa shape index (κ2) is 31.5. The molecule has 0 radical (unpaired) electrons. The van der Waals surface area contributed by atoms with E-state index < -0.39 is 113 Å². The molecule has 13 N–H and O–H groups in total. The number of furan rings is 1. The zero-order valence-corrected chi connectivity index (χ0v) is 53.2. The van der Waals surface area contributed by atoms with Gasteiger partial charge in [0.05, 0.1) is 12.6 Å². The van der Waals surface area contributed by atoms with Crippen molar-refractivity contribution in [3.63, 3.8) is 0 Å². The van der Waals surface area contributed by atoms with Gasteiger partial charge in [-0.15, -0.1) is 0 Å². The van der Waals surface area contributed by atoms with Gasteiger partial charge in [-0.05, 0) is 147 Å². The zero-order chi connectivity index (χ0) is 66.3. The number of phenolic OH excluding ortho intramolecular Hbond substituents is 1. The Morgan fingerprint density at radius 2 is 1.41 bits per heavy atom. The fourth-order valence-electron chi connectivity index (χ4n) is 11.6. The van der Waals surface area contributed by atoms with E-state index in [1.165, 1.54) is 96.0 Å². The quantitative estimate of drug-likeness (QED) is 0.0686. The Morgan fingerprint density at radius 3 is 2.09 bits per heavy atom. The molecule has 492 valence electrons. The normalized spacial score (nSPS) is 22.7. The first-order valence-corrected chi connectivity index (χ1v) is 33.2. The number of hydrogen-bond donors (Lipinski definition) is 11. The monoisotopic (exact) mass is 1310 g/mol. The van der Waals surface area contributed by atoms with Gasteiger partial charge >= 0.3 is 0 Å². The van der Waals surface area contributed by atoms with Crippen LogP contribution < -0.4 is 43.4 Å². The van der Waals surface area contributed by atoms with Crippen LogP contribution in [0.25, 0.3) is 21.8 Å². The molecule has 2 aliphatic rings. The number of amides is 8. The van der Waals surface area contributed by atoms with Crippen molar-refractivity contribution in [2.24, 2.45) is 17.4 Å². The number of carbonyl (C=O) groups is 9. The number of nitrogens with one attached hydrogen (secondary N) is 8. The predicted octanol–water partition coefficient (Wildman–Crippen LogP) is 5.77. The SMILES string of the molecule is C[C@H]1NC(=O)[C@H](CCCCN)NC(=O)CCSCc2cccc(c2)CSC[C@@H](C(N)=O)NC(=O)[C@]2(C)CCCN2C(=O)[C@H](Cc2ccc(O)cc2)NC(=O)c2ccc(o2)CNC(=O)[C@H](Cc2c[nH]c3ccc(F)cc23)NC(=O)[C@H](Cc2c[nH]c3ccc(F)cc23)CC1=O. The van der Waals surface area contributed by atoms with E-state index in [2.05, 4.69) is 41.9 Å². The molecule has 8 amide bonds. The molecule has 0 unspecified atom stereocenters. The summed E-state index contributed by atoms with van der Waals surface area (Å²) in [5.41, 5.74) is 14.6. The minimum Gasteiger partial charge on any atom is -0.508 e. The smallest absolute Gasteiger partial charge is 0.287 e. The van der Waals surface area contributed by atoms with E-state index in [1.54, 1.807) is 31.5 Å². The molecule has 26 heteroatoms. The number of unbranched alkanes of at least 4 members (excludes halogenated alkanes) is 1. The molecule has 0 aliphatic carbocycles. The molecule has 93 heavy (non-hydrogen) atoms. The fraction of sp³-hybridized carbons (Fsp3) is 0.388. The lowest BCUT2D eigenvalue weighted by Gasteiger charge is -2.37. The number of primary amides is 1. The van der Waals surface area contributed by atoms with Crippen LogP contribution in [0, 0.1) is 17.6 Å². The number of thioether (sulfide) groups is 2. The number of carbonyl (C=O) groups excluding carboxylic acids is 9. The van der Waals surface area contributed by atoms with E-state index in [4.69, 9.17) is 15.9 Å². The number of hydrogen-bond acceptors (Lipinski definition) is 14. The molecular formula is C67H77F2N11O11S2. The molecule has 3 aromatic heterocycles. The Morgan fingerprint density at radius 1 is 0.731 bits per heavy atom. The van der Waals surface area contributed by atoms with Gasteiger partial charge in [0, 0.05) is 95.4 Å². The van der Waals surface area contributed by atoms with Gasteiger partial charge in [-0.1, -0.05) is 36.4 Å². The van der Waals surface area contributed by atoms with Gasteiger partial charge in [0.25, 0.3) is 5.91 Å². The first-order valence-electron chi connectivity index (χ1n) is 30.9. The topological polar surface area (TPSA) is 346 Å². The highest BCUT2D eigenvalue weighted by Crippen LogP contribution is 2.32. The van der Waals surface area contributed by atoms with E-state index in [0.29, 0.717) is 81.6 Å². The van der Waals surface area contributed by atoms with Crippen molar-refractivity contribution in [3.05, 3.63) is 160 Å². The van der Waals surface area contributed by atoms with Gasteiger partial charge in [-0.25, -0.2) is 8.78 Å². The second-order valence-electron chi connectivity index (χ2n) is 23.8. The molecule has 1 saturated heterocycles. The summed E-state index contributed by atoms with van der Waals surface area (Å²) in [7, 11) is 0. The van der Waals surface area contributed by atoms with E-state index in [0.717, 1.165) is 11.1 Å². The van der Waals surface area contributed by atoms with Crippen molar-refractivity contribution in [2.75, 3.05) is 24.6 Å². The van der Waals surface area contributed by atoms with Crippen LogP contribution in [0.15, 0.2) is 114 Å². The summed E-state index contributed by atoms with van der Waals surface area (Å²) in [6, 6.07) is 18.6. The van der Waals surface area contributed by atoms with Crippen LogP contribution in [0.1, 0.15) is 103 Å². The number of nitrogens with zero attached hydrogens (tertiary/aromatic N) is 1. The summed E-state index contributed by atoms with van der Waals surface area (Å²) in [4.78, 5) is 136. The number of benzene rings is 4. The molecule has 2 aliphatic heterocycles. The molecule has 22 nitrogen and oxygen atoms in total. The van der Waals surface area contributed by atoms with Crippen molar-refractivity contribution in [1.29, 1.82) is 0 Å². The standard InChI is InChI=1S/C67H77F2N11O11S2/c1-38-57(82)29-42(27-43-32-72-51-17-12-45(68)30-49(43)51)61(85)77-54(28-44-33-73-52-18-13-46(69)31-50(44)52)62(86)74-34-48-16-19-58(91-48)64(88)78-55(26-39-10-14-47(81)15-11-39)65(89)80-23-6-21-67(80,2)66(90)79-56(60(71)84)37-93-36-41-8-5-7-40(25-41)35-92-24-20-59(83)76-53(63(87)75-38)9-3-4-22-70/h5,7-8,10-19,25,30-33,38,42,53-56,72-73,81H,3-4,6,9,20-24,26-29,34-37,70H2,1-2H3,(H2,71,84)(H,74,86)(H,75,87)(H,76,83)(H,77,85)(H,78,88)(H,79,90)/t38-,42-,53+,54+,55+,56+,67+/m1/s1. The minimum atomic E-state index is -1.48. The molecule has 0 spiro atoms. The maximum Gasteiger partial charge on any atom is 0.287 e. The van der Waals surface area contributed by atoms with Crippen molar-refractivity contribution in [2.45, 2.75) is 132 Å². The first kappa shape index (κ1) is 68.4. The average molecular weight is 1310 g/mol. The minimum absolute atomic E-state index is 0.0341. The van der Waals surface area contributed by atoms with Gasteiger partial charge in [0.1, 0.15) is 52.9 Å². The number of nitrogens with two attached hydrogens (primary N) is 2. The lowest BCUT2D eigenvalue weighted by atomic mass is 9.90. The summed E-state index contributed by atoms with van der Waals surface area (Å²) in [5.74, 6) is -7.06. The molecule has 5 heterocycles. The molecular weight excluding hydrogens is 1240 g/mol. The zero-order valence-electron chi connectivity index (χ0n) is 51.6. The maximum absolute atomic E-state index is 15.0. The number of ketones is 1. The summed E-state index contributed by atoms with van der Waals surface area (Å²) >= 11 is 2.87. The Hall–Kier alpha value is -9.01. The highest BCUT2D eigenvalue weighted by atomic mass is 32.2. The highest BCUT2D eigenvalue weighted by Gasteiger charge is 2.48. The Bertz CT molecular complexity index is 3880. The van der Waals surface area contributed by atoms with Gasteiger partial charge in [-0.2, -0.15) is 23.5 Å². The summed E-state index contributed by atoms with van der Waals surface area (Å²) in [6.07, 6.45) is 4.20. The Kier molecular flexibility index (Phi) is 23.2. The third kappa shape index (κ3) is 18.0. The van der Waals surface area contributed by atoms with E-state index >= 15 is 0 Å². The van der Waals surface area contributed by atoms with Crippen molar-refractivity contribution in [1.82, 2.24) is 46.8 Å². The molecule has 0 saturated carbocycles. The number of rotatable bonds is 11. The fourth-order valence-corrected chi connectivity index (χ4v) is 13.5. The van der Waals surface area contributed by atoms with Crippen molar-refractivity contribution < 1.29 is 61.5 Å². The largest absolute Gasteiger partial charge is 0.508 e. The van der Waals surface area contributed by atoms with Gasteiger partial charge in [-0.3, -0.25) is 43.2 Å². The molecule has 4 bridgehead atoms. The van der Waals surface area contributed by atoms with Gasteiger partial charge in [0.15, 0.2) is 11.5 Å². The lowest BCUT2D eigenvalue weighted by Crippen LogP contribution is -2.62. The van der Waals surface area contributed by atoms with E-state index in [-0.39, 0.29) is 74.6 Å². The van der Waals surface area contributed by atoms with Crippen molar-refractivity contribution >= 4 is 98.4 Å². The Balaban J connectivity index is 1.01. The number of halogens is 2. The van der Waals surface area contributed by atoms with Crippen LogP contribution >= 0.6 is 23.5 Å². The van der Waals surface area contributed by atoms with Crippen LogP contribution in [0.5, 0.6) is 5.75 Å². The molecule has 4 aromatic carbocycles. The van der Waals surface area contributed by atoms with Crippen LogP contribution in [-0.2, 0) is 75.7 Å². The van der Waals surface area contributed by atoms with E-state index in [1.807, 2.05) is 24.3 Å². The number of fused-ring (bicyclic) bond motifs is 7. The second-order valence-corrected chi connectivity index (χ2v) is 25.9. The average Bonchev–Trinajstić information content (AvgIpc) is 1.72. The van der Waals surface area contributed by atoms with Crippen LogP contribution in [-0.4, -0.2) is 133 Å². The third-order valence-electron chi connectivity index (χ3n) is 16.9. The number of H-pyrrole nitrogens is 2. The summed E-state index contributed by atoms with van der Waals surface area (Å²) in [5, 5.41) is 27.7. The van der Waals surface area contributed by atoms with Crippen molar-refractivity contribution in [3.8, 4) is 5.75 Å². The third-order valence-corrected chi connectivity index (χ3v) is 19.0. The summed E-state index contributed by atoms with van der Waals surface area (Å²) in [6.45, 7) is 3.18. The van der Waals surface area contributed by atoms with Crippen LogP contribution in [0.2, 0.25) is 0 Å². The van der Waals surface area contributed by atoms with E-state index in [9.17, 15) is 57.0 Å². The van der Waals surface area contributed by atoms with Crippen LogP contribution in [0.4, 0.5) is 8.78 Å². The molecule has 9 rings (SSSR count). The maximum atomic E-state index is 15.0. The molecule has 7 aromatic rings. The lowest BCUT2D eigenvalue weighted by molar-refractivity contribution is -0.146. The van der Waals surface area contributed by atoms with Gasteiger partial charge < -0.3 is 67.8 Å². The molecule has 1 fully saturated rings. The molecule has 7 atom stereocenters. The number of Topliss-reactive ketones (excluding diaryl/α,β-unsaturated/α-hetero) is 1. The predicted molar refractivity (Wildman–Crippen MR) is 349 cm³/mol. The number of aromatic amines is 2. The highest BCUT2D eigenvalue weighted by molar-refractivity contribution is 7.98.